The summed E-state index contributed by atoms with van der Waals surface area (Å²) in [6.45, 7) is 0.370. The molecule has 0 aliphatic heterocycles. The normalized spacial score (nSPS) is 11.7. The van der Waals surface area contributed by atoms with E-state index in [0.29, 0.717) is 17.9 Å². The third-order valence-corrected chi connectivity index (χ3v) is 4.50. The van der Waals surface area contributed by atoms with Gasteiger partial charge in [-0.3, -0.25) is 0 Å². The van der Waals surface area contributed by atoms with Crippen LogP contribution in [0.3, 0.4) is 0 Å². The van der Waals surface area contributed by atoms with Gasteiger partial charge in [0, 0.05) is 19.5 Å². The first kappa shape index (κ1) is 14.9. The Morgan fingerprint density at radius 3 is 2.85 bits per heavy atom. The van der Waals surface area contributed by atoms with Crippen LogP contribution in [0, 0.1) is 0 Å². The lowest BCUT2D eigenvalue weighted by atomic mass is 10.2. The zero-order valence-corrected chi connectivity index (χ0v) is 12.0. The fourth-order valence-corrected chi connectivity index (χ4v) is 3.14. The van der Waals surface area contributed by atoms with E-state index in [2.05, 4.69) is 14.9 Å². The molecule has 0 aliphatic carbocycles. The van der Waals surface area contributed by atoms with E-state index in [0.717, 1.165) is 0 Å². The molecule has 0 saturated carbocycles. The highest BCUT2D eigenvalue weighted by molar-refractivity contribution is 7.89. The predicted molar refractivity (Wildman–Crippen MR) is 72.5 cm³/mol. The second-order valence-corrected chi connectivity index (χ2v) is 6.09. The standard InChI is InChI=1S/C11H13ClN4O3S/c12-9-2-1-8(6-13)5-10(9)20(17,18)16-4-3-11-14-7-15-19-11/h1-2,5,7,16H,3-4,6,13H2. The number of aromatic nitrogens is 2. The van der Waals surface area contributed by atoms with Crippen LogP contribution in [0.15, 0.2) is 33.9 Å². The molecule has 20 heavy (non-hydrogen) atoms. The van der Waals surface area contributed by atoms with Gasteiger partial charge in [0.1, 0.15) is 4.90 Å². The van der Waals surface area contributed by atoms with E-state index >= 15 is 0 Å². The molecule has 1 aromatic carbocycles. The lowest BCUT2D eigenvalue weighted by Gasteiger charge is -2.09. The van der Waals surface area contributed by atoms with Crippen molar-refractivity contribution in [3.8, 4) is 0 Å². The smallest absolute Gasteiger partial charge is 0.242 e. The Morgan fingerprint density at radius 1 is 1.40 bits per heavy atom. The topological polar surface area (TPSA) is 111 Å². The zero-order chi connectivity index (χ0) is 14.6. The number of halogens is 1. The van der Waals surface area contributed by atoms with Crippen molar-refractivity contribution < 1.29 is 12.9 Å². The maximum absolute atomic E-state index is 12.1. The molecule has 0 saturated heterocycles. The van der Waals surface area contributed by atoms with E-state index in [1.165, 1.54) is 18.5 Å². The van der Waals surface area contributed by atoms with Crippen LogP contribution in [-0.2, 0) is 23.0 Å². The number of benzene rings is 1. The van der Waals surface area contributed by atoms with Gasteiger partial charge < -0.3 is 10.3 Å². The van der Waals surface area contributed by atoms with Gasteiger partial charge >= 0.3 is 0 Å². The summed E-state index contributed by atoms with van der Waals surface area (Å²) in [5.74, 6) is 0.356. The van der Waals surface area contributed by atoms with Crippen molar-refractivity contribution in [2.45, 2.75) is 17.9 Å². The summed E-state index contributed by atoms with van der Waals surface area (Å²) >= 11 is 5.92. The molecule has 0 aliphatic rings. The van der Waals surface area contributed by atoms with E-state index in [1.807, 2.05) is 0 Å². The molecule has 108 valence electrons. The average molecular weight is 317 g/mol. The molecule has 2 aromatic rings. The molecule has 0 bridgehead atoms. The van der Waals surface area contributed by atoms with Crippen LogP contribution in [0.1, 0.15) is 11.5 Å². The second-order valence-electron chi connectivity index (χ2n) is 3.95. The Hall–Kier alpha value is -1.48. The van der Waals surface area contributed by atoms with Gasteiger partial charge in [-0.2, -0.15) is 4.98 Å². The van der Waals surface area contributed by atoms with Gasteiger partial charge in [-0.1, -0.05) is 22.8 Å². The molecule has 0 spiro atoms. The lowest BCUT2D eigenvalue weighted by Crippen LogP contribution is -2.26. The van der Waals surface area contributed by atoms with Crippen molar-refractivity contribution in [1.29, 1.82) is 0 Å². The van der Waals surface area contributed by atoms with Crippen molar-refractivity contribution in [3.63, 3.8) is 0 Å². The summed E-state index contributed by atoms with van der Waals surface area (Å²) in [5.41, 5.74) is 6.18. The zero-order valence-electron chi connectivity index (χ0n) is 10.4. The average Bonchev–Trinajstić information content (AvgIpc) is 2.92. The van der Waals surface area contributed by atoms with E-state index in [-0.39, 0.29) is 23.0 Å². The molecule has 0 atom stereocenters. The minimum absolute atomic E-state index is 0.00708. The molecule has 0 amide bonds. The monoisotopic (exact) mass is 316 g/mol. The van der Waals surface area contributed by atoms with E-state index < -0.39 is 10.0 Å². The molecule has 2 rings (SSSR count). The SMILES string of the molecule is NCc1ccc(Cl)c(S(=O)(=O)NCCc2ncno2)c1. The van der Waals surface area contributed by atoms with E-state index in [4.69, 9.17) is 21.9 Å². The Balaban J connectivity index is 2.09. The van der Waals surface area contributed by atoms with Crippen LogP contribution < -0.4 is 10.5 Å². The number of rotatable bonds is 6. The first-order valence-electron chi connectivity index (χ1n) is 5.76. The van der Waals surface area contributed by atoms with Gasteiger partial charge in [-0.15, -0.1) is 0 Å². The van der Waals surface area contributed by atoms with Gasteiger partial charge in [0.15, 0.2) is 6.33 Å². The van der Waals surface area contributed by atoms with Crippen molar-refractivity contribution in [1.82, 2.24) is 14.9 Å². The first-order chi connectivity index (χ1) is 9.53. The maximum Gasteiger partial charge on any atom is 0.242 e. The summed E-state index contributed by atoms with van der Waals surface area (Å²) in [7, 11) is -3.70. The minimum atomic E-state index is -3.70. The Bertz CT molecular complexity index is 673. The fourth-order valence-electron chi connectivity index (χ4n) is 1.56. The van der Waals surface area contributed by atoms with Crippen LogP contribution in [0.4, 0.5) is 0 Å². The van der Waals surface area contributed by atoms with E-state index in [1.54, 1.807) is 6.07 Å². The second kappa shape index (κ2) is 6.31. The first-order valence-corrected chi connectivity index (χ1v) is 7.63. The van der Waals surface area contributed by atoms with Gasteiger partial charge in [0.2, 0.25) is 15.9 Å². The molecule has 0 fully saturated rings. The Kier molecular flexibility index (Phi) is 4.71. The number of nitrogens with two attached hydrogens (primary N) is 1. The molecule has 9 heteroatoms. The summed E-state index contributed by atoms with van der Waals surface area (Å²) in [5, 5.41) is 3.58. The molecule has 1 heterocycles. The van der Waals surface area contributed by atoms with Crippen LogP contribution in [0.25, 0.3) is 0 Å². The van der Waals surface area contributed by atoms with Crippen LogP contribution in [0.2, 0.25) is 5.02 Å². The van der Waals surface area contributed by atoms with Crippen LogP contribution in [0.5, 0.6) is 0 Å². The number of nitrogens with one attached hydrogen (secondary N) is 1. The van der Waals surface area contributed by atoms with Crippen LogP contribution in [-0.4, -0.2) is 25.1 Å². The number of nitrogens with zero attached hydrogens (tertiary/aromatic N) is 2. The third kappa shape index (κ3) is 3.54. The van der Waals surface area contributed by atoms with Crippen LogP contribution >= 0.6 is 11.6 Å². The van der Waals surface area contributed by atoms with Crippen molar-refractivity contribution in [3.05, 3.63) is 41.0 Å². The summed E-state index contributed by atoms with van der Waals surface area (Å²) in [6.07, 6.45) is 1.55. The molecular formula is C11H13ClN4O3S. The Labute approximate surface area is 121 Å². The van der Waals surface area contributed by atoms with Gasteiger partial charge in [0.05, 0.1) is 5.02 Å². The third-order valence-electron chi connectivity index (χ3n) is 2.56. The Morgan fingerprint density at radius 2 is 2.20 bits per heavy atom. The largest absolute Gasteiger partial charge is 0.340 e. The highest BCUT2D eigenvalue weighted by Crippen LogP contribution is 2.22. The van der Waals surface area contributed by atoms with E-state index in [9.17, 15) is 8.42 Å². The molecular weight excluding hydrogens is 304 g/mol. The summed E-state index contributed by atoms with van der Waals surface area (Å²) < 4.78 is 31.5. The lowest BCUT2D eigenvalue weighted by molar-refractivity contribution is 0.377. The van der Waals surface area contributed by atoms with Gasteiger partial charge in [0.25, 0.3) is 0 Å². The fraction of sp³-hybridized carbons (Fsp3) is 0.273. The highest BCUT2D eigenvalue weighted by Gasteiger charge is 2.18. The van der Waals surface area contributed by atoms with Gasteiger partial charge in [-0.25, -0.2) is 13.1 Å². The quantitative estimate of drug-likeness (QED) is 0.811. The van der Waals surface area contributed by atoms with Crippen molar-refractivity contribution in [2.24, 2.45) is 5.73 Å². The molecule has 3 N–H and O–H groups in total. The molecule has 0 unspecified atom stereocenters. The van der Waals surface area contributed by atoms with Crippen molar-refractivity contribution >= 4 is 21.6 Å². The highest BCUT2D eigenvalue weighted by atomic mass is 35.5. The number of hydrogen-bond acceptors (Lipinski definition) is 6. The predicted octanol–water partition coefficient (Wildman–Crippen LogP) is 0.703. The molecule has 7 nitrogen and oxygen atoms in total. The molecule has 1 aromatic heterocycles. The number of hydrogen-bond donors (Lipinski definition) is 2. The summed E-state index contributed by atoms with van der Waals surface area (Å²) in [6, 6.07) is 4.65. The summed E-state index contributed by atoms with van der Waals surface area (Å²) in [4.78, 5) is 3.81. The van der Waals surface area contributed by atoms with Crippen molar-refractivity contribution in [2.75, 3.05) is 6.54 Å². The molecule has 0 radical (unpaired) electrons. The minimum Gasteiger partial charge on any atom is -0.340 e. The maximum atomic E-state index is 12.1. The number of sulfonamides is 1. The van der Waals surface area contributed by atoms with Gasteiger partial charge in [-0.05, 0) is 17.7 Å².